The Hall–Kier alpha value is -2.86. The van der Waals surface area contributed by atoms with Crippen molar-refractivity contribution >= 4 is 16.8 Å². The second-order valence-corrected chi connectivity index (χ2v) is 9.46. The molecule has 1 atom stereocenters. The monoisotopic (exact) mass is 432 g/mol. The van der Waals surface area contributed by atoms with E-state index in [1.807, 2.05) is 29.3 Å². The standard InChI is InChI=1S/C26H32N4O2/c1-18(2)28-11-8-22(9-12-28)32-23-6-7-24-21(13-23)14-25-26(31)29(16-19(3)30(24)25)17-20-5-4-10-27-15-20/h4-7,10,13-15,18-19,22H,8-9,11-12,16-17H2,1-3H3. The highest BCUT2D eigenvalue weighted by Crippen LogP contribution is 2.33. The fourth-order valence-electron chi connectivity index (χ4n) is 5.12. The number of nitrogens with zero attached hydrogens (tertiary/aromatic N) is 4. The number of likely N-dealkylation sites (tertiary alicyclic amines) is 1. The van der Waals surface area contributed by atoms with E-state index in [0.717, 1.165) is 53.8 Å². The minimum Gasteiger partial charge on any atom is -0.490 e. The van der Waals surface area contributed by atoms with Crippen LogP contribution in [0, 0.1) is 0 Å². The first-order valence-corrected chi connectivity index (χ1v) is 11.7. The van der Waals surface area contributed by atoms with E-state index >= 15 is 0 Å². The van der Waals surface area contributed by atoms with E-state index in [1.165, 1.54) is 0 Å². The molecule has 0 spiro atoms. The molecule has 0 radical (unpaired) electrons. The van der Waals surface area contributed by atoms with Gasteiger partial charge in [0.15, 0.2) is 0 Å². The van der Waals surface area contributed by atoms with Crippen molar-refractivity contribution in [2.24, 2.45) is 0 Å². The molecule has 6 nitrogen and oxygen atoms in total. The lowest BCUT2D eigenvalue weighted by atomic mass is 10.1. The third kappa shape index (κ3) is 3.99. The van der Waals surface area contributed by atoms with Crippen LogP contribution in [0.2, 0.25) is 0 Å². The Labute approximate surface area is 189 Å². The van der Waals surface area contributed by atoms with Gasteiger partial charge in [-0.15, -0.1) is 0 Å². The zero-order chi connectivity index (χ0) is 22.2. The Morgan fingerprint density at radius 2 is 1.97 bits per heavy atom. The van der Waals surface area contributed by atoms with Gasteiger partial charge in [-0.1, -0.05) is 6.07 Å². The number of benzene rings is 1. The van der Waals surface area contributed by atoms with E-state index in [1.54, 1.807) is 6.20 Å². The number of carbonyl (C=O) groups excluding carboxylic acids is 1. The fourth-order valence-corrected chi connectivity index (χ4v) is 5.12. The number of fused-ring (bicyclic) bond motifs is 3. The summed E-state index contributed by atoms with van der Waals surface area (Å²) in [5, 5.41) is 1.07. The number of aromatic nitrogens is 2. The molecule has 6 heteroatoms. The lowest BCUT2D eigenvalue weighted by Crippen LogP contribution is -2.41. The summed E-state index contributed by atoms with van der Waals surface area (Å²) in [4.78, 5) is 21.9. The van der Waals surface area contributed by atoms with Gasteiger partial charge in [0.25, 0.3) is 5.91 Å². The average molecular weight is 433 g/mol. The number of carbonyl (C=O) groups is 1. The molecular formula is C26H32N4O2. The minimum atomic E-state index is 0.0756. The number of hydrogen-bond acceptors (Lipinski definition) is 4. The summed E-state index contributed by atoms with van der Waals surface area (Å²) < 4.78 is 8.52. The molecule has 2 aliphatic rings. The Kier molecular flexibility index (Phi) is 5.64. The highest BCUT2D eigenvalue weighted by atomic mass is 16.5. The second-order valence-electron chi connectivity index (χ2n) is 9.46. The molecule has 1 fully saturated rings. The molecule has 3 aromatic rings. The Balaban J connectivity index is 1.35. The van der Waals surface area contributed by atoms with Crippen molar-refractivity contribution < 1.29 is 9.53 Å². The first-order valence-electron chi connectivity index (χ1n) is 11.7. The summed E-state index contributed by atoms with van der Waals surface area (Å²) in [6.07, 6.45) is 5.96. The Morgan fingerprint density at radius 3 is 2.69 bits per heavy atom. The number of piperidine rings is 1. The summed E-state index contributed by atoms with van der Waals surface area (Å²) in [6, 6.07) is 13.0. The molecule has 1 unspecified atom stereocenters. The molecule has 1 amide bonds. The molecule has 1 saturated heterocycles. The van der Waals surface area contributed by atoms with Crippen LogP contribution in [0.5, 0.6) is 5.75 Å². The quantitative estimate of drug-likeness (QED) is 0.595. The largest absolute Gasteiger partial charge is 0.490 e. The molecule has 32 heavy (non-hydrogen) atoms. The molecule has 0 saturated carbocycles. The van der Waals surface area contributed by atoms with E-state index in [4.69, 9.17) is 4.74 Å². The van der Waals surface area contributed by atoms with E-state index < -0.39 is 0 Å². The highest BCUT2D eigenvalue weighted by molar-refractivity contribution is 6.00. The molecule has 2 aliphatic heterocycles. The van der Waals surface area contributed by atoms with E-state index in [2.05, 4.69) is 53.4 Å². The summed E-state index contributed by atoms with van der Waals surface area (Å²) in [7, 11) is 0. The molecule has 5 rings (SSSR count). The van der Waals surface area contributed by atoms with Crippen LogP contribution >= 0.6 is 0 Å². The minimum absolute atomic E-state index is 0.0756. The number of pyridine rings is 1. The summed E-state index contributed by atoms with van der Waals surface area (Å²) in [6.45, 7) is 10.1. The van der Waals surface area contributed by atoms with Crippen LogP contribution in [0.25, 0.3) is 10.9 Å². The number of ether oxygens (including phenoxy) is 1. The number of hydrogen-bond donors (Lipinski definition) is 0. The van der Waals surface area contributed by atoms with Crippen molar-refractivity contribution in [3.05, 3.63) is 60.0 Å². The Morgan fingerprint density at radius 1 is 1.16 bits per heavy atom. The summed E-state index contributed by atoms with van der Waals surface area (Å²) in [5.74, 6) is 0.974. The van der Waals surface area contributed by atoms with E-state index in [9.17, 15) is 4.79 Å². The predicted octanol–water partition coefficient (Wildman–Crippen LogP) is 4.50. The molecule has 4 heterocycles. The normalized spacial score (nSPS) is 20.2. The van der Waals surface area contributed by atoms with Crippen LogP contribution in [0.3, 0.4) is 0 Å². The van der Waals surface area contributed by atoms with Gasteiger partial charge >= 0.3 is 0 Å². The van der Waals surface area contributed by atoms with Gasteiger partial charge in [-0.2, -0.15) is 0 Å². The highest BCUT2D eigenvalue weighted by Gasteiger charge is 2.31. The topological polar surface area (TPSA) is 50.6 Å². The maximum Gasteiger partial charge on any atom is 0.270 e. The molecule has 0 N–H and O–H groups in total. The van der Waals surface area contributed by atoms with Crippen LogP contribution in [0.1, 0.15) is 55.7 Å². The lowest BCUT2D eigenvalue weighted by molar-refractivity contribution is 0.0664. The van der Waals surface area contributed by atoms with Gasteiger partial charge in [-0.05, 0) is 69.5 Å². The fraction of sp³-hybridized carbons (Fsp3) is 0.462. The van der Waals surface area contributed by atoms with Crippen LogP contribution in [0.15, 0.2) is 48.8 Å². The van der Waals surface area contributed by atoms with Crippen molar-refractivity contribution in [3.8, 4) is 5.75 Å². The Bertz CT molecular complexity index is 1100. The first-order chi connectivity index (χ1) is 15.5. The zero-order valence-corrected chi connectivity index (χ0v) is 19.2. The average Bonchev–Trinajstić information content (AvgIpc) is 3.18. The third-order valence-electron chi connectivity index (χ3n) is 6.85. The maximum absolute atomic E-state index is 13.3. The van der Waals surface area contributed by atoms with Gasteiger partial charge in [-0.25, -0.2) is 0 Å². The molecule has 0 bridgehead atoms. The first kappa shape index (κ1) is 21.0. The van der Waals surface area contributed by atoms with Crippen molar-refractivity contribution in [1.82, 2.24) is 19.4 Å². The second kappa shape index (κ2) is 8.58. The van der Waals surface area contributed by atoms with Crippen LogP contribution in [0.4, 0.5) is 0 Å². The number of amides is 1. The van der Waals surface area contributed by atoms with Gasteiger partial charge < -0.3 is 19.1 Å². The molecule has 168 valence electrons. The van der Waals surface area contributed by atoms with Crippen LogP contribution < -0.4 is 4.74 Å². The van der Waals surface area contributed by atoms with Crippen LogP contribution in [-0.4, -0.2) is 57.0 Å². The maximum atomic E-state index is 13.3. The summed E-state index contributed by atoms with van der Waals surface area (Å²) in [5.41, 5.74) is 2.91. The molecule has 0 aliphatic carbocycles. The zero-order valence-electron chi connectivity index (χ0n) is 19.2. The van der Waals surface area contributed by atoms with Crippen molar-refractivity contribution in [1.29, 1.82) is 0 Å². The van der Waals surface area contributed by atoms with Crippen molar-refractivity contribution in [2.45, 2.75) is 58.3 Å². The third-order valence-corrected chi connectivity index (χ3v) is 6.85. The van der Waals surface area contributed by atoms with Crippen molar-refractivity contribution in [2.75, 3.05) is 19.6 Å². The predicted molar refractivity (Wildman–Crippen MR) is 126 cm³/mol. The smallest absolute Gasteiger partial charge is 0.270 e. The van der Waals surface area contributed by atoms with Crippen LogP contribution in [-0.2, 0) is 6.54 Å². The SMILES string of the molecule is CC(C)N1CCC(Oc2ccc3c(c2)cc2n3C(C)CN(Cc3cccnc3)C2=O)CC1. The van der Waals surface area contributed by atoms with E-state index in [-0.39, 0.29) is 18.1 Å². The van der Waals surface area contributed by atoms with E-state index in [0.29, 0.717) is 19.1 Å². The molecule has 1 aromatic carbocycles. The van der Waals surface area contributed by atoms with Gasteiger partial charge in [-0.3, -0.25) is 9.78 Å². The number of rotatable bonds is 5. The molecular weight excluding hydrogens is 400 g/mol. The van der Waals surface area contributed by atoms with Gasteiger partial charge in [0.1, 0.15) is 17.5 Å². The van der Waals surface area contributed by atoms with Gasteiger partial charge in [0.2, 0.25) is 0 Å². The van der Waals surface area contributed by atoms with Crippen molar-refractivity contribution in [3.63, 3.8) is 0 Å². The van der Waals surface area contributed by atoms with Gasteiger partial charge in [0, 0.05) is 61.6 Å². The molecule has 2 aromatic heterocycles. The summed E-state index contributed by atoms with van der Waals surface area (Å²) >= 11 is 0. The lowest BCUT2D eigenvalue weighted by Gasteiger charge is -2.34. The van der Waals surface area contributed by atoms with Gasteiger partial charge in [0.05, 0.1) is 0 Å².